The lowest BCUT2D eigenvalue weighted by atomic mass is 10.1. The van der Waals surface area contributed by atoms with Crippen LogP contribution in [0.25, 0.3) is 11.3 Å². The van der Waals surface area contributed by atoms with Gasteiger partial charge < -0.3 is 9.64 Å². The van der Waals surface area contributed by atoms with Crippen molar-refractivity contribution < 1.29 is 13.9 Å². The van der Waals surface area contributed by atoms with Crippen molar-refractivity contribution >= 4 is 34.5 Å². The summed E-state index contributed by atoms with van der Waals surface area (Å²) in [6, 6.07) is 10.1. The van der Waals surface area contributed by atoms with Gasteiger partial charge in [0.05, 0.1) is 22.9 Å². The number of ether oxygens (including phenoxy) is 1. The largest absolute Gasteiger partial charge is 0.482 e. The molecule has 0 N–H and O–H groups in total. The van der Waals surface area contributed by atoms with Crippen LogP contribution in [0.15, 0.2) is 41.8 Å². The average molecular weight is 417 g/mol. The Hall–Kier alpha value is -2.44. The molecule has 3 aromatic rings. The highest BCUT2D eigenvalue weighted by Crippen LogP contribution is 2.38. The summed E-state index contributed by atoms with van der Waals surface area (Å²) < 4.78 is 19.8. The van der Waals surface area contributed by atoms with E-state index in [-0.39, 0.29) is 24.6 Å². The molecule has 7 heteroatoms. The van der Waals surface area contributed by atoms with Gasteiger partial charge in [-0.1, -0.05) is 24.6 Å². The fourth-order valence-corrected chi connectivity index (χ4v) is 4.28. The van der Waals surface area contributed by atoms with E-state index in [4.69, 9.17) is 16.3 Å². The number of amides is 1. The molecule has 0 aliphatic carbocycles. The van der Waals surface area contributed by atoms with Gasteiger partial charge in [-0.25, -0.2) is 9.37 Å². The number of fused-ring (bicyclic) bond motifs is 1. The molecule has 4 rings (SSSR count). The number of hydrogen-bond donors (Lipinski definition) is 0. The maximum atomic E-state index is 14.3. The first-order chi connectivity index (χ1) is 13.6. The fourth-order valence-electron chi connectivity index (χ4n) is 3.15. The van der Waals surface area contributed by atoms with Crippen molar-refractivity contribution in [2.75, 3.05) is 11.5 Å². The summed E-state index contributed by atoms with van der Waals surface area (Å²) in [4.78, 5) is 18.7. The van der Waals surface area contributed by atoms with Crippen molar-refractivity contribution in [3.8, 4) is 17.0 Å². The van der Waals surface area contributed by atoms with E-state index in [0.29, 0.717) is 16.5 Å². The summed E-state index contributed by atoms with van der Waals surface area (Å²) in [5.41, 5.74) is 2.63. The SMILES string of the molecule is CCCc1nc(-c2ccc3c(c2)N(Cc2c(F)cccc2Cl)C(=O)CO3)cs1. The maximum Gasteiger partial charge on any atom is 0.265 e. The zero-order valence-electron chi connectivity index (χ0n) is 15.2. The summed E-state index contributed by atoms with van der Waals surface area (Å²) in [6.45, 7) is 2.08. The van der Waals surface area contributed by atoms with Crippen LogP contribution >= 0.6 is 22.9 Å². The average Bonchev–Trinajstić information content (AvgIpc) is 3.15. The van der Waals surface area contributed by atoms with Crippen molar-refractivity contribution in [2.24, 2.45) is 0 Å². The third-order valence-corrected chi connectivity index (χ3v) is 5.85. The minimum absolute atomic E-state index is 0.0440. The lowest BCUT2D eigenvalue weighted by molar-refractivity contribution is -0.121. The Bertz CT molecular complexity index is 1020. The zero-order valence-corrected chi connectivity index (χ0v) is 16.8. The van der Waals surface area contributed by atoms with Gasteiger partial charge in [0.15, 0.2) is 6.61 Å². The Labute approximate surface area is 171 Å². The van der Waals surface area contributed by atoms with Gasteiger partial charge in [-0.05, 0) is 43.2 Å². The number of thiazole rings is 1. The molecule has 4 nitrogen and oxygen atoms in total. The van der Waals surface area contributed by atoms with E-state index in [1.807, 2.05) is 23.6 Å². The molecule has 0 saturated carbocycles. The van der Waals surface area contributed by atoms with Gasteiger partial charge in [0.1, 0.15) is 11.6 Å². The number of nitrogens with zero attached hydrogens (tertiary/aromatic N) is 2. The lowest BCUT2D eigenvalue weighted by Gasteiger charge is -2.30. The predicted octanol–water partition coefficient (Wildman–Crippen LogP) is 5.48. The van der Waals surface area contributed by atoms with E-state index < -0.39 is 5.82 Å². The van der Waals surface area contributed by atoms with Crippen molar-refractivity contribution in [3.63, 3.8) is 0 Å². The smallest absolute Gasteiger partial charge is 0.265 e. The van der Waals surface area contributed by atoms with E-state index in [1.54, 1.807) is 23.5 Å². The minimum atomic E-state index is -0.437. The quantitative estimate of drug-likeness (QED) is 0.553. The molecule has 0 radical (unpaired) electrons. The molecule has 1 aromatic heterocycles. The number of aromatic nitrogens is 1. The van der Waals surface area contributed by atoms with Gasteiger partial charge in [0.25, 0.3) is 5.91 Å². The number of carbonyl (C=O) groups excluding carboxylic acids is 1. The van der Waals surface area contributed by atoms with Gasteiger partial charge in [-0.2, -0.15) is 0 Å². The van der Waals surface area contributed by atoms with Crippen LogP contribution in [0.1, 0.15) is 23.9 Å². The first-order valence-electron chi connectivity index (χ1n) is 9.01. The van der Waals surface area contributed by atoms with E-state index in [9.17, 15) is 9.18 Å². The van der Waals surface area contributed by atoms with Crippen LogP contribution in [0.3, 0.4) is 0 Å². The number of aryl methyl sites for hydroxylation is 1. The predicted molar refractivity (Wildman–Crippen MR) is 110 cm³/mol. The topological polar surface area (TPSA) is 42.4 Å². The number of benzene rings is 2. The van der Waals surface area contributed by atoms with E-state index in [1.165, 1.54) is 11.0 Å². The van der Waals surface area contributed by atoms with E-state index >= 15 is 0 Å². The lowest BCUT2D eigenvalue weighted by Crippen LogP contribution is -2.38. The summed E-state index contributed by atoms with van der Waals surface area (Å²) in [6.07, 6.45) is 1.98. The van der Waals surface area contributed by atoms with Crippen molar-refractivity contribution in [2.45, 2.75) is 26.3 Å². The molecule has 0 atom stereocenters. The third kappa shape index (κ3) is 3.62. The third-order valence-electron chi connectivity index (χ3n) is 4.59. The molecule has 2 heterocycles. The van der Waals surface area contributed by atoms with Crippen LogP contribution in [0.5, 0.6) is 5.75 Å². The minimum Gasteiger partial charge on any atom is -0.482 e. The van der Waals surface area contributed by atoms with Gasteiger partial charge >= 0.3 is 0 Å². The zero-order chi connectivity index (χ0) is 19.7. The summed E-state index contributed by atoms with van der Waals surface area (Å²) in [5, 5.41) is 3.38. The molecular weight excluding hydrogens is 399 g/mol. The van der Waals surface area contributed by atoms with E-state index in [0.717, 1.165) is 29.1 Å². The van der Waals surface area contributed by atoms with Gasteiger partial charge in [-0.15, -0.1) is 11.3 Å². The maximum absolute atomic E-state index is 14.3. The fraction of sp³-hybridized carbons (Fsp3) is 0.238. The number of hydrogen-bond acceptors (Lipinski definition) is 4. The molecule has 0 spiro atoms. The Morgan fingerprint density at radius 3 is 2.96 bits per heavy atom. The number of carbonyl (C=O) groups is 1. The van der Waals surface area contributed by atoms with Crippen LogP contribution in [0.2, 0.25) is 5.02 Å². The molecule has 2 aromatic carbocycles. The van der Waals surface area contributed by atoms with Crippen LogP contribution in [0, 0.1) is 5.82 Å². The molecule has 1 amide bonds. The summed E-state index contributed by atoms with van der Waals surface area (Å²) in [5.74, 6) is -0.0954. The van der Waals surface area contributed by atoms with Gasteiger partial charge in [0.2, 0.25) is 0 Å². The highest BCUT2D eigenvalue weighted by atomic mass is 35.5. The second-order valence-electron chi connectivity index (χ2n) is 6.53. The molecule has 1 aliphatic rings. The Morgan fingerprint density at radius 1 is 1.32 bits per heavy atom. The first kappa shape index (κ1) is 18.9. The molecule has 144 valence electrons. The monoisotopic (exact) mass is 416 g/mol. The normalized spacial score (nSPS) is 13.4. The molecule has 0 fully saturated rings. The highest BCUT2D eigenvalue weighted by Gasteiger charge is 2.27. The van der Waals surface area contributed by atoms with Crippen LogP contribution in [-0.4, -0.2) is 17.5 Å². The van der Waals surface area contributed by atoms with Crippen LogP contribution in [-0.2, 0) is 17.8 Å². The number of rotatable bonds is 5. The van der Waals surface area contributed by atoms with Crippen molar-refractivity contribution in [3.05, 3.63) is 63.2 Å². The van der Waals surface area contributed by atoms with Crippen molar-refractivity contribution in [1.82, 2.24) is 4.98 Å². The highest BCUT2D eigenvalue weighted by molar-refractivity contribution is 7.09. The van der Waals surface area contributed by atoms with Crippen LogP contribution in [0.4, 0.5) is 10.1 Å². The molecule has 0 unspecified atom stereocenters. The Balaban J connectivity index is 1.71. The molecule has 0 bridgehead atoms. The number of halogens is 2. The standard InChI is InChI=1S/C21H18ClFN2O2S/c1-2-4-20-24-17(12-28-20)13-7-8-19-18(9-13)25(21(26)11-27-19)10-14-15(22)5-3-6-16(14)23/h3,5-9,12H,2,4,10-11H2,1H3. The second kappa shape index (κ2) is 7.89. The number of anilines is 1. The first-order valence-corrected chi connectivity index (χ1v) is 10.3. The molecule has 0 saturated heterocycles. The van der Waals surface area contributed by atoms with Crippen LogP contribution < -0.4 is 9.64 Å². The van der Waals surface area contributed by atoms with Gasteiger partial charge in [0, 0.05) is 21.5 Å². The summed E-state index contributed by atoms with van der Waals surface area (Å²) >= 11 is 7.79. The van der Waals surface area contributed by atoms with E-state index in [2.05, 4.69) is 11.9 Å². The Morgan fingerprint density at radius 2 is 2.18 bits per heavy atom. The second-order valence-corrected chi connectivity index (χ2v) is 7.88. The van der Waals surface area contributed by atoms with Gasteiger partial charge in [-0.3, -0.25) is 4.79 Å². The Kier molecular flexibility index (Phi) is 5.33. The summed E-state index contributed by atoms with van der Waals surface area (Å²) in [7, 11) is 0. The molecule has 28 heavy (non-hydrogen) atoms. The molecule has 1 aliphatic heterocycles. The molecular formula is C21H18ClFN2O2S. The van der Waals surface area contributed by atoms with Crippen molar-refractivity contribution in [1.29, 1.82) is 0 Å².